The molecule has 0 aromatic carbocycles. The zero-order chi connectivity index (χ0) is 21.6. The molecule has 0 atom stereocenters. The van der Waals surface area contributed by atoms with E-state index in [1.807, 2.05) is 12.1 Å². The second kappa shape index (κ2) is 7.74. The number of alkyl halides is 3. The lowest BCUT2D eigenvalue weighted by Gasteiger charge is -2.36. The fourth-order valence-electron chi connectivity index (χ4n) is 4.28. The number of piperazine rings is 1. The van der Waals surface area contributed by atoms with Crippen molar-refractivity contribution in [3.8, 4) is 11.4 Å². The molecule has 4 heterocycles. The monoisotopic (exact) mass is 447 g/mol. The number of fused-ring (bicyclic) bond motifs is 3. The van der Waals surface area contributed by atoms with Crippen LogP contribution in [0.3, 0.4) is 0 Å². The van der Waals surface area contributed by atoms with Crippen molar-refractivity contribution in [2.45, 2.75) is 31.9 Å². The Hall–Kier alpha value is -2.75. The lowest BCUT2D eigenvalue weighted by Crippen LogP contribution is -2.49. The van der Waals surface area contributed by atoms with Crippen molar-refractivity contribution in [1.29, 1.82) is 0 Å². The van der Waals surface area contributed by atoms with Crippen LogP contribution in [0.2, 0.25) is 0 Å². The molecule has 3 aromatic heterocycles. The van der Waals surface area contributed by atoms with E-state index >= 15 is 0 Å². The summed E-state index contributed by atoms with van der Waals surface area (Å²) >= 11 is 1.70. The second-order valence-electron chi connectivity index (χ2n) is 7.81. The summed E-state index contributed by atoms with van der Waals surface area (Å²) in [4.78, 5) is 31.5. The van der Waals surface area contributed by atoms with E-state index in [9.17, 15) is 18.0 Å². The van der Waals surface area contributed by atoms with Crippen molar-refractivity contribution >= 4 is 33.3 Å². The first-order valence-electron chi connectivity index (χ1n) is 10.2. The molecule has 3 aromatic rings. The Bertz CT molecular complexity index is 1120. The summed E-state index contributed by atoms with van der Waals surface area (Å²) < 4.78 is 37.8. The van der Waals surface area contributed by atoms with Crippen molar-refractivity contribution in [1.82, 2.24) is 19.9 Å². The molecule has 1 fully saturated rings. The van der Waals surface area contributed by atoms with Crippen molar-refractivity contribution in [3.63, 3.8) is 0 Å². The highest BCUT2D eigenvalue weighted by molar-refractivity contribution is 7.19. The normalized spacial score (nSPS) is 16.7. The van der Waals surface area contributed by atoms with E-state index in [1.165, 1.54) is 15.3 Å². The predicted molar refractivity (Wildman–Crippen MR) is 112 cm³/mol. The SMILES string of the molecule is O=C(CC(F)(F)F)N1CCN(c2nc(-c3cccnc3)nc3sc4c(c23)CCC4)CC1. The number of thiophene rings is 1. The molecule has 162 valence electrons. The Kier molecular flexibility index (Phi) is 5.04. The Morgan fingerprint density at radius 3 is 2.65 bits per heavy atom. The molecular formula is C21H20F3N5OS. The smallest absolute Gasteiger partial charge is 0.352 e. The van der Waals surface area contributed by atoms with Crippen LogP contribution in [0.25, 0.3) is 21.6 Å². The summed E-state index contributed by atoms with van der Waals surface area (Å²) in [7, 11) is 0. The van der Waals surface area contributed by atoms with E-state index in [0.717, 1.165) is 40.9 Å². The minimum Gasteiger partial charge on any atom is -0.352 e. The van der Waals surface area contributed by atoms with Gasteiger partial charge in [0.15, 0.2) is 5.82 Å². The number of carbonyl (C=O) groups is 1. The molecule has 2 aliphatic rings. The van der Waals surface area contributed by atoms with Gasteiger partial charge in [0.1, 0.15) is 17.1 Å². The van der Waals surface area contributed by atoms with E-state index in [0.29, 0.717) is 18.9 Å². The van der Waals surface area contributed by atoms with Gasteiger partial charge < -0.3 is 9.80 Å². The van der Waals surface area contributed by atoms with E-state index in [4.69, 9.17) is 9.97 Å². The zero-order valence-electron chi connectivity index (χ0n) is 16.7. The van der Waals surface area contributed by atoms with Crippen LogP contribution in [0.1, 0.15) is 23.3 Å². The third-order valence-electron chi connectivity index (χ3n) is 5.75. The van der Waals surface area contributed by atoms with Crippen LogP contribution in [0, 0.1) is 0 Å². The maximum Gasteiger partial charge on any atom is 0.397 e. The molecule has 5 rings (SSSR count). The van der Waals surface area contributed by atoms with E-state index < -0.39 is 18.5 Å². The number of anilines is 1. The first-order chi connectivity index (χ1) is 14.9. The summed E-state index contributed by atoms with van der Waals surface area (Å²) in [5, 5.41) is 1.06. The number of aryl methyl sites for hydroxylation is 2. The molecule has 10 heteroatoms. The van der Waals surface area contributed by atoms with Gasteiger partial charge in [-0.25, -0.2) is 9.97 Å². The minimum absolute atomic E-state index is 0.245. The number of aromatic nitrogens is 3. The van der Waals surface area contributed by atoms with Crippen LogP contribution < -0.4 is 4.90 Å². The lowest BCUT2D eigenvalue weighted by molar-refractivity contribution is -0.161. The third kappa shape index (κ3) is 3.96. The van der Waals surface area contributed by atoms with Gasteiger partial charge in [-0.1, -0.05) is 0 Å². The van der Waals surface area contributed by atoms with E-state index in [-0.39, 0.29) is 13.1 Å². The molecule has 1 amide bonds. The lowest BCUT2D eigenvalue weighted by atomic mass is 10.1. The van der Waals surface area contributed by atoms with Crippen LogP contribution in [-0.4, -0.2) is 58.1 Å². The first kappa shape index (κ1) is 20.2. The molecule has 0 spiro atoms. The average Bonchev–Trinajstić information content (AvgIpc) is 3.33. The first-order valence-corrected chi connectivity index (χ1v) is 11.0. The third-order valence-corrected chi connectivity index (χ3v) is 6.93. The number of hydrogen-bond donors (Lipinski definition) is 0. The number of amides is 1. The van der Waals surface area contributed by atoms with Crippen molar-refractivity contribution < 1.29 is 18.0 Å². The summed E-state index contributed by atoms with van der Waals surface area (Å²) in [5.41, 5.74) is 2.11. The maximum atomic E-state index is 12.6. The Morgan fingerprint density at radius 2 is 1.94 bits per heavy atom. The quantitative estimate of drug-likeness (QED) is 0.611. The summed E-state index contributed by atoms with van der Waals surface area (Å²) in [5.74, 6) is 0.532. The van der Waals surface area contributed by atoms with E-state index in [2.05, 4.69) is 9.88 Å². The molecule has 31 heavy (non-hydrogen) atoms. The predicted octanol–water partition coefficient (Wildman–Crippen LogP) is 3.84. The number of nitrogens with zero attached hydrogens (tertiary/aromatic N) is 5. The topological polar surface area (TPSA) is 62.2 Å². The summed E-state index contributed by atoms with van der Waals surface area (Å²) in [6, 6.07) is 3.75. The summed E-state index contributed by atoms with van der Waals surface area (Å²) in [6.07, 6.45) is 0.664. The highest BCUT2D eigenvalue weighted by Crippen LogP contribution is 2.41. The number of hydrogen-bond acceptors (Lipinski definition) is 6. The van der Waals surface area contributed by atoms with Gasteiger partial charge in [0.2, 0.25) is 5.91 Å². The maximum absolute atomic E-state index is 12.6. The van der Waals surface area contributed by atoms with E-state index in [1.54, 1.807) is 23.7 Å². The Balaban J connectivity index is 1.47. The van der Waals surface area contributed by atoms with Gasteiger partial charge in [-0.15, -0.1) is 11.3 Å². The number of halogens is 3. The van der Waals surface area contributed by atoms with Crippen molar-refractivity contribution in [2.24, 2.45) is 0 Å². The van der Waals surface area contributed by atoms with Crippen LogP contribution in [-0.2, 0) is 17.6 Å². The van der Waals surface area contributed by atoms with Gasteiger partial charge in [-0.05, 0) is 37.0 Å². The average molecular weight is 447 g/mol. The molecule has 0 N–H and O–H groups in total. The molecule has 0 saturated carbocycles. The van der Waals surface area contributed by atoms with Gasteiger partial charge >= 0.3 is 6.18 Å². The van der Waals surface area contributed by atoms with Gasteiger partial charge in [0.25, 0.3) is 0 Å². The Morgan fingerprint density at radius 1 is 1.13 bits per heavy atom. The second-order valence-corrected chi connectivity index (χ2v) is 8.89. The molecule has 1 aliphatic heterocycles. The minimum atomic E-state index is -4.48. The number of rotatable bonds is 3. The van der Waals surface area contributed by atoms with Crippen LogP contribution in [0.15, 0.2) is 24.5 Å². The Labute approximate surface area is 180 Å². The van der Waals surface area contributed by atoms with Gasteiger partial charge in [0, 0.05) is 49.0 Å². The highest BCUT2D eigenvalue weighted by atomic mass is 32.1. The fraction of sp³-hybridized carbons (Fsp3) is 0.429. The van der Waals surface area contributed by atoms with Crippen molar-refractivity contribution in [2.75, 3.05) is 31.1 Å². The van der Waals surface area contributed by atoms with Gasteiger partial charge in [-0.2, -0.15) is 13.2 Å². The highest BCUT2D eigenvalue weighted by Gasteiger charge is 2.35. The largest absolute Gasteiger partial charge is 0.397 e. The zero-order valence-corrected chi connectivity index (χ0v) is 17.5. The molecule has 0 unspecified atom stereocenters. The molecule has 0 bridgehead atoms. The number of pyridine rings is 1. The molecule has 1 aliphatic carbocycles. The van der Waals surface area contributed by atoms with Gasteiger partial charge in [0.05, 0.1) is 5.39 Å². The molecular weight excluding hydrogens is 427 g/mol. The summed E-state index contributed by atoms with van der Waals surface area (Å²) in [6.45, 7) is 1.36. The van der Waals surface area contributed by atoms with Crippen LogP contribution in [0.4, 0.5) is 19.0 Å². The fourth-order valence-corrected chi connectivity index (χ4v) is 5.54. The van der Waals surface area contributed by atoms with Crippen molar-refractivity contribution in [3.05, 3.63) is 35.0 Å². The molecule has 1 saturated heterocycles. The molecule has 6 nitrogen and oxygen atoms in total. The standard InChI is InChI=1S/C21H20F3N5OS/c22-21(23,24)11-16(30)28-7-9-29(10-8-28)19-17-14-4-1-5-15(14)31-20(17)27-18(26-19)13-3-2-6-25-12-13/h2-3,6,12H,1,4-5,7-11H2. The van der Waals surface area contributed by atoms with Gasteiger partial charge in [-0.3, -0.25) is 9.78 Å². The number of carbonyl (C=O) groups excluding carboxylic acids is 1. The van der Waals surface area contributed by atoms with Crippen LogP contribution in [0.5, 0.6) is 0 Å². The molecule has 0 radical (unpaired) electrons. The van der Waals surface area contributed by atoms with Crippen LogP contribution >= 0.6 is 11.3 Å².